The summed E-state index contributed by atoms with van der Waals surface area (Å²) in [6.45, 7) is 2.60. The van der Waals surface area contributed by atoms with Gasteiger partial charge in [0.15, 0.2) is 6.29 Å². The van der Waals surface area contributed by atoms with Crippen molar-refractivity contribution < 1.29 is 19.3 Å². The number of ether oxygens (including phenoxy) is 3. The van der Waals surface area contributed by atoms with Gasteiger partial charge in [-0.25, -0.2) is 9.97 Å². The van der Waals surface area contributed by atoms with Crippen LogP contribution in [0.2, 0.25) is 0 Å². The van der Waals surface area contributed by atoms with Crippen LogP contribution in [0.25, 0.3) is 0 Å². The number of methoxy groups -OCH3 is 1. The van der Waals surface area contributed by atoms with Gasteiger partial charge in [0.2, 0.25) is 5.88 Å². The van der Waals surface area contributed by atoms with E-state index >= 15 is 0 Å². The van der Waals surface area contributed by atoms with Crippen LogP contribution in [-0.2, 0) is 11.3 Å². The van der Waals surface area contributed by atoms with Gasteiger partial charge in [-0.1, -0.05) is 19.4 Å². The van der Waals surface area contributed by atoms with Crippen molar-refractivity contribution in [1.82, 2.24) is 9.97 Å². The molecule has 0 saturated heterocycles. The average Bonchev–Trinajstić information content (AvgIpc) is 2.66. The molecule has 0 bridgehead atoms. The molecule has 0 aliphatic heterocycles. The molecule has 2 heterocycles. The van der Waals surface area contributed by atoms with Gasteiger partial charge < -0.3 is 19.3 Å². The van der Waals surface area contributed by atoms with E-state index in [1.54, 1.807) is 24.4 Å². The lowest BCUT2D eigenvalue weighted by atomic mass is 10.2. The zero-order valence-corrected chi connectivity index (χ0v) is 14.3. The fourth-order valence-electron chi connectivity index (χ4n) is 2.10. The van der Waals surface area contributed by atoms with Crippen LogP contribution in [0.4, 0.5) is 0 Å². The Morgan fingerprint density at radius 1 is 1.36 bits per heavy atom. The number of aliphatic hydroxyl groups excluding tert-OH is 1. The number of pyridine rings is 2. The second kappa shape index (κ2) is 9.57. The van der Waals surface area contributed by atoms with Gasteiger partial charge in [-0.3, -0.25) is 0 Å². The summed E-state index contributed by atoms with van der Waals surface area (Å²) in [6, 6.07) is 7.08. The number of hydrogen-bond donors (Lipinski definition) is 1. The van der Waals surface area contributed by atoms with Crippen LogP contribution in [0.15, 0.2) is 30.6 Å². The largest absolute Gasteiger partial charge is 0.487 e. The molecule has 0 aliphatic carbocycles. The third kappa shape index (κ3) is 5.14. The van der Waals surface area contributed by atoms with Crippen LogP contribution in [-0.4, -0.2) is 28.8 Å². The molecule has 7 nitrogen and oxygen atoms in total. The third-order valence-electron chi connectivity index (χ3n) is 3.50. The van der Waals surface area contributed by atoms with Crippen LogP contribution in [0, 0.1) is 11.3 Å². The normalized spacial score (nSPS) is 11.6. The summed E-state index contributed by atoms with van der Waals surface area (Å²) >= 11 is 0. The van der Waals surface area contributed by atoms with Crippen molar-refractivity contribution >= 4 is 0 Å². The SMILES string of the molecule is CCCCOC(O)c1cc(OC)ncc1OCc1cccnc1C#N. The van der Waals surface area contributed by atoms with Crippen LogP contribution in [0.3, 0.4) is 0 Å². The molecular weight excluding hydrogens is 322 g/mol. The molecule has 2 aromatic heterocycles. The van der Waals surface area contributed by atoms with E-state index in [2.05, 4.69) is 9.97 Å². The number of hydrogen-bond acceptors (Lipinski definition) is 7. The average molecular weight is 343 g/mol. The summed E-state index contributed by atoms with van der Waals surface area (Å²) in [5.41, 5.74) is 1.36. The maximum absolute atomic E-state index is 10.3. The highest BCUT2D eigenvalue weighted by molar-refractivity contribution is 5.36. The fraction of sp³-hybridized carbons (Fsp3) is 0.389. The summed E-state index contributed by atoms with van der Waals surface area (Å²) in [5, 5.41) is 19.4. The Bertz CT molecular complexity index is 731. The molecule has 0 fully saturated rings. The minimum absolute atomic E-state index is 0.124. The van der Waals surface area contributed by atoms with Gasteiger partial charge in [0.05, 0.1) is 25.5 Å². The number of aliphatic hydroxyl groups is 1. The van der Waals surface area contributed by atoms with Crippen LogP contribution >= 0.6 is 0 Å². The summed E-state index contributed by atoms with van der Waals surface area (Å²) < 4.78 is 16.3. The Kier molecular flexibility index (Phi) is 7.14. The molecule has 1 N–H and O–H groups in total. The van der Waals surface area contributed by atoms with Crippen molar-refractivity contribution in [2.45, 2.75) is 32.7 Å². The first-order chi connectivity index (χ1) is 12.2. The highest BCUT2D eigenvalue weighted by Crippen LogP contribution is 2.29. The van der Waals surface area contributed by atoms with Gasteiger partial charge in [-0.2, -0.15) is 5.26 Å². The van der Waals surface area contributed by atoms with E-state index in [0.717, 1.165) is 12.8 Å². The standard InChI is InChI=1S/C18H21N3O4/c1-3-4-8-24-18(22)14-9-17(23-2)21-11-16(14)25-12-13-6-5-7-20-15(13)10-19/h5-7,9,11,18,22H,3-4,8,12H2,1-2H3. The number of aromatic nitrogens is 2. The molecule has 25 heavy (non-hydrogen) atoms. The molecule has 0 amide bonds. The molecule has 1 unspecified atom stereocenters. The molecule has 132 valence electrons. The molecular formula is C18H21N3O4. The number of unbranched alkanes of at least 4 members (excludes halogenated alkanes) is 1. The van der Waals surface area contributed by atoms with Crippen molar-refractivity contribution in [3.63, 3.8) is 0 Å². The van der Waals surface area contributed by atoms with Gasteiger partial charge in [0, 0.05) is 17.8 Å². The van der Waals surface area contributed by atoms with Crippen molar-refractivity contribution in [1.29, 1.82) is 5.26 Å². The Morgan fingerprint density at radius 3 is 2.92 bits per heavy atom. The molecule has 2 rings (SSSR count). The molecule has 1 atom stereocenters. The first-order valence-electron chi connectivity index (χ1n) is 8.00. The minimum Gasteiger partial charge on any atom is -0.487 e. The van der Waals surface area contributed by atoms with E-state index in [4.69, 9.17) is 19.5 Å². The van der Waals surface area contributed by atoms with Gasteiger partial charge in [-0.15, -0.1) is 0 Å². The minimum atomic E-state index is -1.15. The maximum Gasteiger partial charge on any atom is 0.213 e. The van der Waals surface area contributed by atoms with E-state index in [9.17, 15) is 5.11 Å². The predicted octanol–water partition coefficient (Wildman–Crippen LogP) is 2.74. The second-order valence-electron chi connectivity index (χ2n) is 5.25. The number of nitrogens with zero attached hydrogens (tertiary/aromatic N) is 3. The van der Waals surface area contributed by atoms with Crippen LogP contribution in [0.1, 0.15) is 42.9 Å². The van der Waals surface area contributed by atoms with Gasteiger partial charge in [-0.05, 0) is 12.5 Å². The second-order valence-corrected chi connectivity index (χ2v) is 5.25. The summed E-state index contributed by atoms with van der Waals surface area (Å²) in [5.74, 6) is 0.706. The maximum atomic E-state index is 10.3. The highest BCUT2D eigenvalue weighted by Gasteiger charge is 2.17. The lowest BCUT2D eigenvalue weighted by Gasteiger charge is -2.17. The van der Waals surface area contributed by atoms with E-state index in [1.807, 2.05) is 13.0 Å². The number of rotatable bonds is 9. The van der Waals surface area contributed by atoms with Gasteiger partial charge in [0.25, 0.3) is 0 Å². The Morgan fingerprint density at radius 2 is 2.20 bits per heavy atom. The van der Waals surface area contributed by atoms with E-state index in [1.165, 1.54) is 13.3 Å². The predicted molar refractivity (Wildman–Crippen MR) is 89.9 cm³/mol. The first-order valence-corrected chi connectivity index (χ1v) is 8.00. The monoisotopic (exact) mass is 343 g/mol. The molecule has 7 heteroatoms. The molecule has 0 radical (unpaired) electrons. The first kappa shape index (κ1) is 18.6. The molecule has 0 saturated carbocycles. The van der Waals surface area contributed by atoms with E-state index in [-0.39, 0.29) is 6.61 Å². The van der Waals surface area contributed by atoms with Crippen molar-refractivity contribution in [2.24, 2.45) is 0 Å². The van der Waals surface area contributed by atoms with Gasteiger partial charge >= 0.3 is 0 Å². The lowest BCUT2D eigenvalue weighted by molar-refractivity contribution is -0.105. The smallest absolute Gasteiger partial charge is 0.213 e. The van der Waals surface area contributed by atoms with E-state index in [0.29, 0.717) is 35.1 Å². The summed E-state index contributed by atoms with van der Waals surface area (Å²) in [6.07, 6.45) is 3.67. The molecule has 0 spiro atoms. The quantitative estimate of drug-likeness (QED) is 0.552. The molecule has 0 aromatic carbocycles. The third-order valence-corrected chi connectivity index (χ3v) is 3.50. The van der Waals surface area contributed by atoms with Gasteiger partial charge in [0.1, 0.15) is 24.1 Å². The zero-order chi connectivity index (χ0) is 18.1. The fourth-order valence-corrected chi connectivity index (χ4v) is 2.10. The lowest BCUT2D eigenvalue weighted by Crippen LogP contribution is -2.09. The Balaban J connectivity index is 2.17. The summed E-state index contributed by atoms with van der Waals surface area (Å²) in [7, 11) is 1.49. The summed E-state index contributed by atoms with van der Waals surface area (Å²) in [4.78, 5) is 8.09. The topological polar surface area (TPSA) is 97.5 Å². The highest BCUT2D eigenvalue weighted by atomic mass is 16.6. The van der Waals surface area contributed by atoms with Crippen molar-refractivity contribution in [2.75, 3.05) is 13.7 Å². The van der Waals surface area contributed by atoms with Crippen molar-refractivity contribution in [3.05, 3.63) is 47.4 Å². The number of nitriles is 1. The molecule has 0 aliphatic rings. The van der Waals surface area contributed by atoms with E-state index < -0.39 is 6.29 Å². The van der Waals surface area contributed by atoms with Crippen LogP contribution in [0.5, 0.6) is 11.6 Å². The zero-order valence-electron chi connectivity index (χ0n) is 14.3. The Hall–Kier alpha value is -2.69. The Labute approximate surface area is 146 Å². The van der Waals surface area contributed by atoms with Crippen LogP contribution < -0.4 is 9.47 Å². The molecule has 2 aromatic rings. The van der Waals surface area contributed by atoms with Crippen molar-refractivity contribution in [3.8, 4) is 17.7 Å².